The van der Waals surface area contributed by atoms with E-state index in [0.717, 1.165) is 18.7 Å². The smallest absolute Gasteiger partial charge is 0.124 e. The topological polar surface area (TPSA) is 68.8 Å². The lowest BCUT2D eigenvalue weighted by Gasteiger charge is -2.18. The number of benzene rings is 1. The third-order valence-corrected chi connectivity index (χ3v) is 3.15. The highest BCUT2D eigenvalue weighted by Gasteiger charge is 2.20. The normalized spacial score (nSPS) is 12.6. The van der Waals surface area contributed by atoms with E-state index in [1.807, 2.05) is 6.92 Å². The van der Waals surface area contributed by atoms with Crippen LogP contribution in [0.2, 0.25) is 5.02 Å². The third-order valence-electron chi connectivity index (χ3n) is 2.82. The van der Waals surface area contributed by atoms with E-state index < -0.39 is 0 Å². The van der Waals surface area contributed by atoms with Gasteiger partial charge < -0.3 is 0 Å². The zero-order valence-corrected chi connectivity index (χ0v) is 11.2. The van der Waals surface area contributed by atoms with E-state index in [1.54, 1.807) is 16.9 Å². The number of aryl methyl sites for hydroxylation is 1. The molecule has 1 atom stereocenters. The van der Waals surface area contributed by atoms with Gasteiger partial charge in [-0.05, 0) is 24.1 Å². The number of nitrogens with one attached hydrogen (secondary N) is 1. The largest absolute Gasteiger partial charge is 0.271 e. The van der Waals surface area contributed by atoms with Crippen molar-refractivity contribution >= 4 is 11.6 Å². The summed E-state index contributed by atoms with van der Waals surface area (Å²) in [7, 11) is 0. The molecule has 1 aromatic carbocycles. The molecule has 3 N–H and O–H groups in total. The molecule has 1 aromatic heterocycles. The maximum atomic E-state index is 13.1. The Balaban J connectivity index is 2.41. The number of nitrogens with two attached hydrogens (primary N) is 1. The molecule has 102 valence electrons. The molecule has 1 heterocycles. The molecule has 0 aliphatic heterocycles. The maximum absolute atomic E-state index is 13.1. The molecule has 1 unspecified atom stereocenters. The van der Waals surface area contributed by atoms with Crippen LogP contribution in [0.4, 0.5) is 4.39 Å². The highest BCUT2D eigenvalue weighted by molar-refractivity contribution is 6.31. The molecular formula is C12H15ClFN5. The molecule has 0 saturated heterocycles. The van der Waals surface area contributed by atoms with E-state index in [2.05, 4.69) is 15.7 Å². The van der Waals surface area contributed by atoms with Crippen LogP contribution < -0.4 is 11.3 Å². The zero-order valence-electron chi connectivity index (χ0n) is 10.5. The molecule has 0 aliphatic carbocycles. The molecule has 5 nitrogen and oxygen atoms in total. The minimum Gasteiger partial charge on any atom is -0.271 e. The Morgan fingerprint density at radius 1 is 1.53 bits per heavy atom. The van der Waals surface area contributed by atoms with Gasteiger partial charge >= 0.3 is 0 Å². The van der Waals surface area contributed by atoms with E-state index in [0.29, 0.717) is 10.6 Å². The molecule has 2 rings (SSSR count). The fraction of sp³-hybridized carbons (Fsp3) is 0.333. The second kappa shape index (κ2) is 6.10. The lowest BCUT2D eigenvalue weighted by atomic mass is 10.0. The molecule has 0 saturated carbocycles. The van der Waals surface area contributed by atoms with Crippen LogP contribution in [-0.4, -0.2) is 15.0 Å². The number of hydrogen-bond acceptors (Lipinski definition) is 4. The van der Waals surface area contributed by atoms with E-state index in [-0.39, 0.29) is 11.9 Å². The Morgan fingerprint density at radius 3 is 2.95 bits per heavy atom. The molecule has 0 amide bonds. The Bertz CT molecular complexity index is 557. The summed E-state index contributed by atoms with van der Waals surface area (Å²) in [5, 5.41) is 8.20. The standard InChI is InChI=1S/C12H15ClFN5/c1-2-5-19-11(7-16-18-19)12(17-15)9-4-3-8(14)6-10(9)13/h3-4,6-7,12,17H,2,5,15H2,1H3. The van der Waals surface area contributed by atoms with Gasteiger partial charge in [0.1, 0.15) is 5.82 Å². The first kappa shape index (κ1) is 13.9. The monoisotopic (exact) mass is 283 g/mol. The number of aromatic nitrogens is 3. The molecular weight excluding hydrogens is 269 g/mol. The highest BCUT2D eigenvalue weighted by Crippen LogP contribution is 2.28. The summed E-state index contributed by atoms with van der Waals surface area (Å²) >= 11 is 6.06. The average Bonchev–Trinajstić information content (AvgIpc) is 2.82. The Morgan fingerprint density at radius 2 is 2.32 bits per heavy atom. The Hall–Kier alpha value is -1.50. The number of rotatable bonds is 5. The number of hydrazine groups is 1. The van der Waals surface area contributed by atoms with Crippen LogP contribution in [-0.2, 0) is 6.54 Å². The second-order valence-corrected chi connectivity index (χ2v) is 4.55. The summed E-state index contributed by atoms with van der Waals surface area (Å²) < 4.78 is 14.8. The number of halogens is 2. The van der Waals surface area contributed by atoms with Crippen molar-refractivity contribution in [2.75, 3.05) is 0 Å². The van der Waals surface area contributed by atoms with E-state index in [9.17, 15) is 4.39 Å². The quantitative estimate of drug-likeness (QED) is 0.651. The second-order valence-electron chi connectivity index (χ2n) is 4.15. The molecule has 0 radical (unpaired) electrons. The van der Waals surface area contributed by atoms with E-state index >= 15 is 0 Å². The van der Waals surface area contributed by atoms with Crippen molar-refractivity contribution < 1.29 is 4.39 Å². The molecule has 19 heavy (non-hydrogen) atoms. The SMILES string of the molecule is CCCn1nncc1C(NN)c1ccc(F)cc1Cl. The van der Waals surface area contributed by atoms with Crippen molar-refractivity contribution in [1.82, 2.24) is 20.4 Å². The van der Waals surface area contributed by atoms with Crippen LogP contribution in [0.5, 0.6) is 0 Å². The predicted molar refractivity (Wildman–Crippen MR) is 70.9 cm³/mol. The summed E-state index contributed by atoms with van der Waals surface area (Å²) in [6.07, 6.45) is 2.55. The molecule has 0 fully saturated rings. The summed E-state index contributed by atoms with van der Waals surface area (Å²) in [5.74, 6) is 5.21. The highest BCUT2D eigenvalue weighted by atomic mass is 35.5. The van der Waals surface area contributed by atoms with Gasteiger partial charge in [0.05, 0.1) is 17.9 Å². The molecule has 0 bridgehead atoms. The van der Waals surface area contributed by atoms with Gasteiger partial charge in [-0.25, -0.2) is 14.5 Å². The van der Waals surface area contributed by atoms with Crippen LogP contribution in [0.3, 0.4) is 0 Å². The lowest BCUT2D eigenvalue weighted by molar-refractivity contribution is 0.511. The van der Waals surface area contributed by atoms with Crippen molar-refractivity contribution in [1.29, 1.82) is 0 Å². The van der Waals surface area contributed by atoms with Crippen molar-refractivity contribution in [3.8, 4) is 0 Å². The molecule has 2 aromatic rings. The zero-order chi connectivity index (χ0) is 13.8. The summed E-state index contributed by atoms with van der Waals surface area (Å²) in [5.41, 5.74) is 4.15. The van der Waals surface area contributed by atoms with Crippen LogP contribution in [0.25, 0.3) is 0 Å². The summed E-state index contributed by atoms with van der Waals surface area (Å²) in [4.78, 5) is 0. The minimum atomic E-state index is -0.385. The fourth-order valence-electron chi connectivity index (χ4n) is 1.94. The Labute approximate surface area is 115 Å². The first-order chi connectivity index (χ1) is 9.17. The van der Waals surface area contributed by atoms with Crippen LogP contribution in [0, 0.1) is 5.82 Å². The van der Waals surface area contributed by atoms with Crippen LogP contribution in [0.15, 0.2) is 24.4 Å². The van der Waals surface area contributed by atoms with E-state index in [4.69, 9.17) is 17.4 Å². The van der Waals surface area contributed by atoms with Gasteiger partial charge in [-0.1, -0.05) is 29.8 Å². The summed E-state index contributed by atoms with van der Waals surface area (Å²) in [6.45, 7) is 2.77. The lowest BCUT2D eigenvalue weighted by Crippen LogP contribution is -2.31. The number of hydrogen-bond donors (Lipinski definition) is 2. The van der Waals surface area contributed by atoms with Gasteiger partial charge in [0.2, 0.25) is 0 Å². The summed E-state index contributed by atoms with van der Waals surface area (Å²) in [6, 6.07) is 3.83. The van der Waals surface area contributed by atoms with E-state index in [1.165, 1.54) is 12.1 Å². The average molecular weight is 284 g/mol. The molecule has 0 spiro atoms. The van der Waals surface area contributed by atoms with Gasteiger partial charge in [0.15, 0.2) is 0 Å². The van der Waals surface area contributed by atoms with Gasteiger partial charge in [0.25, 0.3) is 0 Å². The fourth-order valence-corrected chi connectivity index (χ4v) is 2.22. The minimum absolute atomic E-state index is 0.312. The maximum Gasteiger partial charge on any atom is 0.124 e. The van der Waals surface area contributed by atoms with Gasteiger partial charge in [-0.15, -0.1) is 5.10 Å². The van der Waals surface area contributed by atoms with Crippen molar-refractivity contribution in [3.05, 3.63) is 46.5 Å². The van der Waals surface area contributed by atoms with Gasteiger partial charge in [-0.3, -0.25) is 5.84 Å². The molecule has 7 heteroatoms. The third kappa shape index (κ3) is 2.91. The van der Waals surface area contributed by atoms with Crippen molar-refractivity contribution in [2.45, 2.75) is 25.9 Å². The van der Waals surface area contributed by atoms with Crippen LogP contribution in [0.1, 0.15) is 30.6 Å². The number of nitrogens with zero attached hydrogens (tertiary/aromatic N) is 3. The van der Waals surface area contributed by atoms with Crippen molar-refractivity contribution in [3.63, 3.8) is 0 Å². The van der Waals surface area contributed by atoms with Gasteiger partial charge in [-0.2, -0.15) is 0 Å². The van der Waals surface area contributed by atoms with Crippen molar-refractivity contribution in [2.24, 2.45) is 5.84 Å². The molecule has 0 aliphatic rings. The van der Waals surface area contributed by atoms with Crippen LogP contribution >= 0.6 is 11.6 Å². The van der Waals surface area contributed by atoms with Gasteiger partial charge in [0, 0.05) is 11.6 Å². The predicted octanol–water partition coefficient (Wildman–Crippen LogP) is 2.03. The Kier molecular flexibility index (Phi) is 4.47. The first-order valence-corrected chi connectivity index (χ1v) is 6.34. The first-order valence-electron chi connectivity index (χ1n) is 5.96.